The maximum Gasteiger partial charge on any atom is 0.111 e. The summed E-state index contributed by atoms with van der Waals surface area (Å²) < 4.78 is 7.25. The second-order valence-electron chi connectivity index (χ2n) is 9.87. The molecule has 0 radical (unpaired) electrons. The van der Waals surface area contributed by atoms with E-state index < -0.39 is 0 Å². The van der Waals surface area contributed by atoms with E-state index in [4.69, 9.17) is 4.74 Å². The summed E-state index contributed by atoms with van der Waals surface area (Å²) in [5, 5.41) is 0. The van der Waals surface area contributed by atoms with Crippen molar-refractivity contribution >= 4 is 0 Å². The van der Waals surface area contributed by atoms with Gasteiger partial charge >= 0.3 is 0 Å². The van der Waals surface area contributed by atoms with Crippen LogP contribution in [0, 0.1) is 0 Å². The highest BCUT2D eigenvalue weighted by molar-refractivity contribution is 5.42. The Morgan fingerprint density at radius 1 is 0.742 bits per heavy atom. The first-order valence-corrected chi connectivity index (χ1v) is 14.2. The first-order valence-electron chi connectivity index (χ1n) is 14.2. The van der Waals surface area contributed by atoms with Gasteiger partial charge in [0.2, 0.25) is 0 Å². The number of allylic oxidation sites excluding steroid dienone is 1. The number of ether oxygens (including phenoxy) is 1. The van der Waals surface area contributed by atoms with Crippen molar-refractivity contribution in [1.29, 1.82) is 0 Å². The van der Waals surface area contributed by atoms with Crippen LogP contribution in [0.4, 0.5) is 0 Å². The van der Waals surface area contributed by atoms with Crippen molar-refractivity contribution in [2.75, 3.05) is 0 Å². The lowest BCUT2D eigenvalue weighted by Gasteiger charge is -2.36. The van der Waals surface area contributed by atoms with Gasteiger partial charge in [-0.2, -0.15) is 0 Å². The van der Waals surface area contributed by atoms with Crippen molar-refractivity contribution in [2.45, 2.75) is 169 Å². The molecular formula is C30H56O. The average molecular weight is 433 g/mol. The highest BCUT2D eigenvalue weighted by atomic mass is 16.5. The first kappa shape index (κ1) is 28.5. The molecule has 1 nitrogen and oxygen atoms in total. The van der Waals surface area contributed by atoms with Gasteiger partial charge in [-0.05, 0) is 61.7 Å². The van der Waals surface area contributed by atoms with Gasteiger partial charge in [-0.3, -0.25) is 0 Å². The molecule has 1 heterocycles. The van der Waals surface area contributed by atoms with Gasteiger partial charge in [-0.1, -0.05) is 118 Å². The zero-order chi connectivity index (χ0) is 23.0. The van der Waals surface area contributed by atoms with Gasteiger partial charge in [0, 0.05) is 0 Å². The number of unbranched alkanes of at least 4 members (excludes halogenated alkanes) is 7. The topological polar surface area (TPSA) is 9.23 Å². The second kappa shape index (κ2) is 17.0. The third-order valence-corrected chi connectivity index (χ3v) is 7.03. The predicted octanol–water partition coefficient (Wildman–Crippen LogP) is 10.5. The predicted molar refractivity (Wildman–Crippen MR) is 140 cm³/mol. The zero-order valence-corrected chi connectivity index (χ0v) is 22.3. The molecule has 0 unspecified atom stereocenters. The van der Waals surface area contributed by atoms with E-state index in [0.717, 1.165) is 0 Å². The van der Waals surface area contributed by atoms with Crippen molar-refractivity contribution < 1.29 is 4.74 Å². The van der Waals surface area contributed by atoms with E-state index in [1.807, 2.05) is 0 Å². The fourth-order valence-electron chi connectivity index (χ4n) is 5.60. The van der Waals surface area contributed by atoms with Crippen LogP contribution in [0.25, 0.3) is 0 Å². The number of hydrogen-bond acceptors (Lipinski definition) is 1. The van der Waals surface area contributed by atoms with E-state index in [1.54, 1.807) is 16.7 Å². The molecule has 0 aromatic heterocycles. The minimum absolute atomic E-state index is 0.0918. The van der Waals surface area contributed by atoms with E-state index in [0.29, 0.717) is 6.10 Å². The maximum atomic E-state index is 7.25. The minimum Gasteiger partial charge on any atom is -0.359 e. The Kier molecular flexibility index (Phi) is 15.6. The molecule has 1 rings (SSSR count). The molecule has 1 aliphatic rings. The summed E-state index contributed by atoms with van der Waals surface area (Å²) in [5.74, 6) is 0. The standard InChI is InChI=1S/C30H56O/c1-7-13-15-17-18-23-26(20-9-3)30(25-12-6)28(22-11-5)27(21-10-4)29(31-30)24-19-16-14-8-2/h23,29H,7-22,24-25H2,1-6H3/b26-23+/t29-,30-/m0/s1. The van der Waals surface area contributed by atoms with Crippen molar-refractivity contribution in [1.82, 2.24) is 0 Å². The lowest BCUT2D eigenvalue weighted by Crippen LogP contribution is -2.35. The zero-order valence-electron chi connectivity index (χ0n) is 22.3. The van der Waals surface area contributed by atoms with Gasteiger partial charge in [0.15, 0.2) is 0 Å². The molecule has 0 N–H and O–H groups in total. The van der Waals surface area contributed by atoms with Crippen LogP contribution in [-0.2, 0) is 4.74 Å². The summed E-state index contributed by atoms with van der Waals surface area (Å²) >= 11 is 0. The number of rotatable bonds is 19. The summed E-state index contributed by atoms with van der Waals surface area (Å²) in [7, 11) is 0. The van der Waals surface area contributed by atoms with Gasteiger partial charge in [0.25, 0.3) is 0 Å². The molecule has 0 bridgehead atoms. The molecule has 0 spiro atoms. The largest absolute Gasteiger partial charge is 0.359 e. The van der Waals surface area contributed by atoms with Crippen molar-refractivity contribution in [3.63, 3.8) is 0 Å². The molecule has 0 saturated heterocycles. The van der Waals surface area contributed by atoms with Crippen LogP contribution < -0.4 is 0 Å². The number of hydrogen-bond donors (Lipinski definition) is 0. The summed E-state index contributed by atoms with van der Waals surface area (Å²) in [6.45, 7) is 14.0. The highest BCUT2D eigenvalue weighted by Crippen LogP contribution is 2.50. The van der Waals surface area contributed by atoms with Crippen LogP contribution in [0.15, 0.2) is 22.8 Å². The molecule has 182 valence electrons. The molecule has 0 aromatic carbocycles. The van der Waals surface area contributed by atoms with E-state index in [-0.39, 0.29) is 5.60 Å². The van der Waals surface area contributed by atoms with Crippen LogP contribution >= 0.6 is 0 Å². The summed E-state index contributed by atoms with van der Waals surface area (Å²) in [6.07, 6.45) is 25.9. The highest BCUT2D eigenvalue weighted by Gasteiger charge is 2.46. The van der Waals surface area contributed by atoms with Crippen molar-refractivity contribution in [2.24, 2.45) is 0 Å². The average Bonchev–Trinajstić information content (AvgIpc) is 3.04. The Hall–Kier alpha value is -0.560. The van der Waals surface area contributed by atoms with E-state index in [2.05, 4.69) is 47.6 Å². The van der Waals surface area contributed by atoms with E-state index >= 15 is 0 Å². The molecular weight excluding hydrogens is 376 g/mol. The fourth-order valence-corrected chi connectivity index (χ4v) is 5.60. The molecule has 31 heavy (non-hydrogen) atoms. The van der Waals surface area contributed by atoms with Crippen LogP contribution in [0.3, 0.4) is 0 Å². The van der Waals surface area contributed by atoms with Gasteiger partial charge in [0.05, 0.1) is 6.10 Å². The lowest BCUT2D eigenvalue weighted by atomic mass is 9.76. The van der Waals surface area contributed by atoms with Crippen LogP contribution in [-0.4, -0.2) is 11.7 Å². The Balaban J connectivity index is 3.26. The van der Waals surface area contributed by atoms with Crippen LogP contribution in [0.2, 0.25) is 0 Å². The summed E-state index contributed by atoms with van der Waals surface area (Å²) in [6, 6.07) is 0. The molecule has 0 aromatic rings. The molecule has 1 aliphatic heterocycles. The third kappa shape index (κ3) is 8.71. The van der Waals surface area contributed by atoms with Gasteiger partial charge in [0.1, 0.15) is 5.60 Å². The molecule has 2 atom stereocenters. The SMILES string of the molecule is CCCCCC/C=C(\CCC)[C@]1(CCC)O[C@@H](CCCCCC)C(CCC)=C1CCC. The Labute approximate surface area is 196 Å². The smallest absolute Gasteiger partial charge is 0.111 e. The van der Waals surface area contributed by atoms with Crippen molar-refractivity contribution in [3.05, 3.63) is 22.8 Å². The molecule has 1 heteroatoms. The van der Waals surface area contributed by atoms with E-state index in [9.17, 15) is 0 Å². The third-order valence-electron chi connectivity index (χ3n) is 7.03. The van der Waals surface area contributed by atoms with Crippen molar-refractivity contribution in [3.8, 4) is 0 Å². The summed E-state index contributed by atoms with van der Waals surface area (Å²) in [4.78, 5) is 0. The maximum absolute atomic E-state index is 7.25. The van der Waals surface area contributed by atoms with Crippen LogP contribution in [0.1, 0.15) is 157 Å². The molecule has 0 aliphatic carbocycles. The molecule has 0 fully saturated rings. The van der Waals surface area contributed by atoms with Gasteiger partial charge < -0.3 is 4.74 Å². The van der Waals surface area contributed by atoms with Crippen LogP contribution in [0.5, 0.6) is 0 Å². The monoisotopic (exact) mass is 432 g/mol. The first-order chi connectivity index (χ1) is 15.1. The minimum atomic E-state index is -0.0918. The Morgan fingerprint density at radius 2 is 1.42 bits per heavy atom. The fraction of sp³-hybridized carbons (Fsp3) is 0.867. The van der Waals surface area contributed by atoms with E-state index in [1.165, 1.54) is 116 Å². The normalized spacial score (nSPS) is 22.0. The Morgan fingerprint density at radius 3 is 2.00 bits per heavy atom. The van der Waals surface area contributed by atoms with Gasteiger partial charge in [-0.25, -0.2) is 0 Å². The second-order valence-corrected chi connectivity index (χ2v) is 9.87. The van der Waals surface area contributed by atoms with Gasteiger partial charge in [-0.15, -0.1) is 0 Å². The lowest BCUT2D eigenvalue weighted by molar-refractivity contribution is -0.0209. The quantitative estimate of drug-likeness (QED) is 0.146. The molecule has 0 amide bonds. The summed E-state index contributed by atoms with van der Waals surface area (Å²) in [5.41, 5.74) is 4.93. The Bertz CT molecular complexity index is 515. The molecule has 0 saturated carbocycles.